The fourth-order valence-corrected chi connectivity index (χ4v) is 6.12. The number of hydrogen-bond acceptors (Lipinski definition) is 8. The second-order valence-corrected chi connectivity index (χ2v) is 12.5. The number of allylic oxidation sites excluding steroid dienone is 4. The first-order valence-electron chi connectivity index (χ1n) is 14.6. The lowest BCUT2D eigenvalue weighted by atomic mass is 9.78. The predicted octanol–water partition coefficient (Wildman–Crippen LogP) is 4.87. The first-order valence-corrected chi connectivity index (χ1v) is 14.6. The van der Waals surface area contributed by atoms with Crippen LogP contribution in [0.4, 0.5) is 9.59 Å². The fraction of sp³-hybridized carbons (Fsp3) is 0.625. The van der Waals surface area contributed by atoms with Gasteiger partial charge in [-0.05, 0) is 63.2 Å². The highest BCUT2D eigenvalue weighted by Gasteiger charge is 2.46. The molecule has 0 aromatic rings. The molecular weight excluding hydrogens is 540 g/mol. The monoisotopic (exact) mass is 586 g/mol. The van der Waals surface area contributed by atoms with Crippen LogP contribution in [0, 0.1) is 34.5 Å². The zero-order valence-electron chi connectivity index (χ0n) is 25.4. The molecule has 232 valence electrons. The maximum absolute atomic E-state index is 11.6. The van der Waals surface area contributed by atoms with Gasteiger partial charge in [0.05, 0.1) is 26.3 Å². The molecule has 0 saturated heterocycles. The molecule has 2 fully saturated rings. The lowest BCUT2D eigenvalue weighted by Crippen LogP contribution is -2.34. The van der Waals surface area contributed by atoms with Crippen molar-refractivity contribution in [3.05, 3.63) is 48.6 Å². The van der Waals surface area contributed by atoms with Crippen molar-refractivity contribution in [1.29, 1.82) is 0 Å². The van der Waals surface area contributed by atoms with E-state index < -0.39 is 24.1 Å². The summed E-state index contributed by atoms with van der Waals surface area (Å²) in [7, 11) is 0. The van der Waals surface area contributed by atoms with Gasteiger partial charge in [0, 0.05) is 22.0 Å². The number of fused-ring (bicyclic) bond motifs is 4. The Kier molecular flexibility index (Phi) is 11.4. The van der Waals surface area contributed by atoms with Crippen LogP contribution in [0.2, 0.25) is 0 Å². The topological polar surface area (TPSA) is 129 Å². The standard InChI is InChI=1S/2C16H23NO4/c2*1-11(2)14(18)20-7-6-17-15(19)21-10-16(3)9-12-4-5-13(16)8-12/h2*4-5,12-13H,1,6-10H2,2-3H3,(H,17,19). The van der Waals surface area contributed by atoms with E-state index in [2.05, 4.69) is 61.9 Å². The average molecular weight is 587 g/mol. The van der Waals surface area contributed by atoms with Gasteiger partial charge in [0.15, 0.2) is 0 Å². The van der Waals surface area contributed by atoms with Crippen molar-refractivity contribution < 1.29 is 38.1 Å². The molecule has 4 aliphatic carbocycles. The van der Waals surface area contributed by atoms with Crippen molar-refractivity contribution in [2.75, 3.05) is 39.5 Å². The highest BCUT2D eigenvalue weighted by molar-refractivity contribution is 5.87. The summed E-state index contributed by atoms with van der Waals surface area (Å²) in [6, 6.07) is 0. The van der Waals surface area contributed by atoms with Crippen LogP contribution in [-0.4, -0.2) is 63.6 Å². The highest BCUT2D eigenvalue weighted by Crippen LogP contribution is 2.52. The Morgan fingerprint density at radius 1 is 0.690 bits per heavy atom. The van der Waals surface area contributed by atoms with Crippen molar-refractivity contribution in [3.8, 4) is 0 Å². The van der Waals surface area contributed by atoms with E-state index in [0.29, 0.717) is 48.0 Å². The first-order chi connectivity index (χ1) is 19.8. The van der Waals surface area contributed by atoms with E-state index in [1.807, 2.05) is 0 Å². The third kappa shape index (κ3) is 9.22. The lowest BCUT2D eigenvalue weighted by Gasteiger charge is -2.30. The first kappa shape index (κ1) is 32.9. The van der Waals surface area contributed by atoms with Crippen LogP contribution in [0.25, 0.3) is 0 Å². The van der Waals surface area contributed by atoms with Crippen LogP contribution in [0.5, 0.6) is 0 Å². The van der Waals surface area contributed by atoms with Crippen molar-refractivity contribution >= 4 is 24.1 Å². The largest absolute Gasteiger partial charge is 0.460 e. The molecule has 6 unspecified atom stereocenters. The molecule has 2 saturated carbocycles. The summed E-state index contributed by atoms with van der Waals surface area (Å²) >= 11 is 0. The predicted molar refractivity (Wildman–Crippen MR) is 157 cm³/mol. The Labute approximate surface area is 248 Å². The van der Waals surface area contributed by atoms with E-state index >= 15 is 0 Å². The molecule has 2 amide bonds. The number of carbonyl (C=O) groups is 4. The fourth-order valence-electron chi connectivity index (χ4n) is 6.12. The van der Waals surface area contributed by atoms with Gasteiger partial charge in [-0.25, -0.2) is 19.2 Å². The van der Waals surface area contributed by atoms with Gasteiger partial charge in [0.25, 0.3) is 0 Å². The van der Waals surface area contributed by atoms with E-state index in [9.17, 15) is 19.2 Å². The third-order valence-corrected chi connectivity index (χ3v) is 8.56. The summed E-state index contributed by atoms with van der Waals surface area (Å²) in [5, 5.41) is 5.15. The lowest BCUT2D eigenvalue weighted by molar-refractivity contribution is -0.139. The molecule has 0 spiro atoms. The summed E-state index contributed by atoms with van der Waals surface area (Å²) in [5.74, 6) is 1.43. The smallest absolute Gasteiger partial charge is 0.407 e. The maximum Gasteiger partial charge on any atom is 0.407 e. The Hall–Kier alpha value is -3.56. The Morgan fingerprint density at radius 2 is 1.07 bits per heavy atom. The minimum atomic E-state index is -0.464. The van der Waals surface area contributed by atoms with Gasteiger partial charge in [0.1, 0.15) is 13.2 Å². The molecule has 2 N–H and O–H groups in total. The zero-order chi connectivity index (χ0) is 30.9. The summed E-state index contributed by atoms with van der Waals surface area (Å²) in [6.45, 7) is 16.0. The molecule has 6 atom stereocenters. The maximum atomic E-state index is 11.6. The molecule has 10 heteroatoms. The minimum absolute atomic E-state index is 0.0587. The number of rotatable bonds is 12. The number of nitrogens with one attached hydrogen (secondary N) is 2. The van der Waals surface area contributed by atoms with Crippen LogP contribution in [-0.2, 0) is 28.5 Å². The van der Waals surface area contributed by atoms with E-state index in [4.69, 9.17) is 18.9 Å². The number of hydrogen-bond donors (Lipinski definition) is 2. The number of esters is 2. The number of alkyl carbamates (subject to hydrolysis) is 2. The number of ether oxygens (including phenoxy) is 4. The summed E-state index contributed by atoms with van der Waals surface area (Å²) in [6.07, 6.45) is 12.6. The van der Waals surface area contributed by atoms with Crippen LogP contribution in [0.3, 0.4) is 0 Å². The van der Waals surface area contributed by atoms with Crippen LogP contribution in [0.15, 0.2) is 48.6 Å². The summed E-state index contributed by atoms with van der Waals surface area (Å²) in [5.41, 5.74) is 0.802. The number of amides is 2. The molecular formula is C32H46N2O8. The SMILES string of the molecule is C=C(C)C(=O)OCCNC(=O)OCC1(C)CC2C=CC1C2.C=C(C)C(=O)OCCNC(=O)OCC1(C)CC2C=CC1C2. The van der Waals surface area contributed by atoms with Gasteiger partial charge < -0.3 is 29.6 Å². The molecule has 10 nitrogen and oxygen atoms in total. The number of carbonyl (C=O) groups excluding carboxylic acids is 4. The molecule has 42 heavy (non-hydrogen) atoms. The van der Waals surface area contributed by atoms with Gasteiger partial charge >= 0.3 is 24.1 Å². The second-order valence-electron chi connectivity index (χ2n) is 12.5. The molecule has 0 heterocycles. The van der Waals surface area contributed by atoms with Gasteiger partial charge in [-0.1, -0.05) is 51.3 Å². The second kappa shape index (κ2) is 14.6. The van der Waals surface area contributed by atoms with Crippen LogP contribution in [0.1, 0.15) is 53.4 Å². The van der Waals surface area contributed by atoms with Crippen LogP contribution < -0.4 is 10.6 Å². The molecule has 4 rings (SSSR count). The summed E-state index contributed by atoms with van der Waals surface area (Å²) in [4.78, 5) is 45.5. The molecule has 0 aromatic heterocycles. The molecule has 4 aliphatic rings. The zero-order valence-corrected chi connectivity index (χ0v) is 25.4. The van der Waals surface area contributed by atoms with Crippen molar-refractivity contribution in [1.82, 2.24) is 10.6 Å². The Bertz CT molecular complexity index is 1030. The quantitative estimate of drug-likeness (QED) is 0.109. The van der Waals surface area contributed by atoms with E-state index in [0.717, 1.165) is 12.8 Å². The van der Waals surface area contributed by atoms with Gasteiger partial charge in [-0.15, -0.1) is 0 Å². The van der Waals surface area contributed by atoms with Crippen molar-refractivity contribution in [2.24, 2.45) is 34.5 Å². The van der Waals surface area contributed by atoms with Gasteiger partial charge in [0.2, 0.25) is 0 Å². The Balaban J connectivity index is 0.000000230. The van der Waals surface area contributed by atoms with Crippen molar-refractivity contribution in [2.45, 2.75) is 53.4 Å². The van der Waals surface area contributed by atoms with Gasteiger partial charge in [-0.2, -0.15) is 0 Å². The highest BCUT2D eigenvalue weighted by atomic mass is 16.6. The molecule has 0 radical (unpaired) electrons. The molecule has 0 aromatic carbocycles. The van der Waals surface area contributed by atoms with Gasteiger partial charge in [-0.3, -0.25) is 0 Å². The average Bonchev–Trinajstić information content (AvgIpc) is 3.73. The summed E-state index contributed by atoms with van der Waals surface area (Å²) < 4.78 is 20.3. The van der Waals surface area contributed by atoms with E-state index in [1.165, 1.54) is 12.8 Å². The molecule has 0 aliphatic heterocycles. The minimum Gasteiger partial charge on any atom is -0.460 e. The Morgan fingerprint density at radius 3 is 1.36 bits per heavy atom. The van der Waals surface area contributed by atoms with Crippen molar-refractivity contribution in [3.63, 3.8) is 0 Å². The van der Waals surface area contributed by atoms with E-state index in [1.54, 1.807) is 13.8 Å². The van der Waals surface area contributed by atoms with Crippen LogP contribution >= 0.6 is 0 Å². The molecule has 4 bridgehead atoms. The van der Waals surface area contributed by atoms with E-state index in [-0.39, 0.29) is 37.1 Å². The third-order valence-electron chi connectivity index (χ3n) is 8.56. The normalized spacial score (nSPS) is 29.2.